The van der Waals surface area contributed by atoms with Crippen molar-refractivity contribution < 1.29 is 9.90 Å². The second-order valence-electron chi connectivity index (χ2n) is 3.25. The summed E-state index contributed by atoms with van der Waals surface area (Å²) in [5.41, 5.74) is 0.953. The third-order valence-corrected chi connectivity index (χ3v) is 3.08. The van der Waals surface area contributed by atoms with E-state index in [9.17, 15) is 4.79 Å². The van der Waals surface area contributed by atoms with Crippen molar-refractivity contribution in [2.45, 2.75) is 6.54 Å². The lowest BCUT2D eigenvalue weighted by atomic mass is 10.2. The van der Waals surface area contributed by atoms with Crippen molar-refractivity contribution in [1.82, 2.24) is 9.55 Å². The minimum atomic E-state index is -0.870. The Labute approximate surface area is 106 Å². The molecule has 1 aromatic carbocycles. The van der Waals surface area contributed by atoms with Gasteiger partial charge in [-0.15, -0.1) is 0 Å². The lowest BCUT2D eigenvalue weighted by Crippen LogP contribution is -2.09. The Bertz CT molecular complexity index is 522. The van der Waals surface area contributed by atoms with Gasteiger partial charge in [0.15, 0.2) is 0 Å². The largest absolute Gasteiger partial charge is 0.480 e. The first-order chi connectivity index (χ1) is 7.68. The summed E-state index contributed by atoms with van der Waals surface area (Å²) in [6.45, 7) is -0.0691. The van der Waals surface area contributed by atoms with Crippen LogP contribution < -0.4 is 0 Å². The van der Waals surface area contributed by atoms with Crippen molar-refractivity contribution in [3.8, 4) is 11.4 Å². The Kier molecular flexibility index (Phi) is 3.23. The molecular weight excluding hydrogens is 319 g/mol. The molecule has 1 heterocycles. The molecule has 0 bridgehead atoms. The number of nitrogens with zero attached hydrogens (tertiary/aromatic N) is 2. The van der Waals surface area contributed by atoms with Crippen LogP contribution in [0.5, 0.6) is 0 Å². The van der Waals surface area contributed by atoms with E-state index in [0.29, 0.717) is 5.82 Å². The van der Waals surface area contributed by atoms with E-state index in [0.717, 1.165) is 9.13 Å². The monoisotopic (exact) mass is 328 g/mol. The van der Waals surface area contributed by atoms with Crippen LogP contribution in [0.4, 0.5) is 0 Å². The van der Waals surface area contributed by atoms with Crippen LogP contribution in [0.3, 0.4) is 0 Å². The average Bonchev–Trinajstić information content (AvgIpc) is 2.66. The predicted octanol–water partition coefficient (Wildman–Crippen LogP) is 2.24. The molecule has 0 saturated carbocycles. The van der Waals surface area contributed by atoms with Gasteiger partial charge in [-0.2, -0.15) is 0 Å². The second kappa shape index (κ2) is 4.65. The predicted molar refractivity (Wildman–Crippen MR) is 68.0 cm³/mol. The van der Waals surface area contributed by atoms with Crippen LogP contribution in [0.2, 0.25) is 0 Å². The molecule has 16 heavy (non-hydrogen) atoms. The number of aromatic nitrogens is 2. The first kappa shape index (κ1) is 11.1. The third kappa shape index (κ3) is 2.24. The first-order valence-corrected chi connectivity index (χ1v) is 5.74. The van der Waals surface area contributed by atoms with Crippen molar-refractivity contribution in [1.29, 1.82) is 0 Å². The zero-order valence-electron chi connectivity index (χ0n) is 8.30. The molecule has 0 unspecified atom stereocenters. The number of hydrogen-bond acceptors (Lipinski definition) is 2. The van der Waals surface area contributed by atoms with Gasteiger partial charge in [-0.1, -0.05) is 18.2 Å². The molecule has 0 amide bonds. The SMILES string of the molecule is O=C(O)Cn1ccnc1-c1ccccc1I. The van der Waals surface area contributed by atoms with Crippen molar-refractivity contribution >= 4 is 28.6 Å². The van der Waals surface area contributed by atoms with Gasteiger partial charge in [0.2, 0.25) is 0 Å². The van der Waals surface area contributed by atoms with E-state index < -0.39 is 5.97 Å². The summed E-state index contributed by atoms with van der Waals surface area (Å²) in [7, 11) is 0. The van der Waals surface area contributed by atoms with Crippen LogP contribution in [0.1, 0.15) is 0 Å². The highest BCUT2D eigenvalue weighted by molar-refractivity contribution is 14.1. The molecule has 4 nitrogen and oxygen atoms in total. The molecule has 5 heteroatoms. The summed E-state index contributed by atoms with van der Waals surface area (Å²) in [5, 5.41) is 8.78. The molecule has 0 atom stereocenters. The highest BCUT2D eigenvalue weighted by Gasteiger charge is 2.10. The smallest absolute Gasteiger partial charge is 0.323 e. The number of aliphatic carboxylic acids is 1. The number of hydrogen-bond donors (Lipinski definition) is 1. The summed E-state index contributed by atoms with van der Waals surface area (Å²) in [6, 6.07) is 7.76. The molecule has 0 aliphatic carbocycles. The molecule has 0 aliphatic heterocycles. The van der Waals surface area contributed by atoms with Crippen molar-refractivity contribution in [3.63, 3.8) is 0 Å². The molecule has 0 spiro atoms. The Morgan fingerprint density at radius 2 is 2.19 bits per heavy atom. The van der Waals surface area contributed by atoms with Crippen molar-refractivity contribution in [3.05, 3.63) is 40.2 Å². The van der Waals surface area contributed by atoms with Gasteiger partial charge < -0.3 is 9.67 Å². The topological polar surface area (TPSA) is 55.1 Å². The normalized spacial score (nSPS) is 10.3. The van der Waals surface area contributed by atoms with Crippen LogP contribution in [-0.4, -0.2) is 20.6 Å². The van der Waals surface area contributed by atoms with Gasteiger partial charge in [0.25, 0.3) is 0 Å². The van der Waals surface area contributed by atoms with E-state index in [-0.39, 0.29) is 6.54 Å². The Morgan fingerprint density at radius 1 is 1.44 bits per heavy atom. The van der Waals surface area contributed by atoms with Crippen LogP contribution in [-0.2, 0) is 11.3 Å². The minimum Gasteiger partial charge on any atom is -0.480 e. The number of benzene rings is 1. The quantitative estimate of drug-likeness (QED) is 0.879. The lowest BCUT2D eigenvalue weighted by Gasteiger charge is -2.06. The van der Waals surface area contributed by atoms with Gasteiger partial charge in [0, 0.05) is 21.5 Å². The molecule has 0 saturated heterocycles. The highest BCUT2D eigenvalue weighted by Crippen LogP contribution is 2.23. The number of carboxylic acid groups (broad SMARTS) is 1. The van der Waals surface area contributed by atoms with E-state index >= 15 is 0 Å². The maximum absolute atomic E-state index is 10.7. The molecule has 2 rings (SSSR count). The van der Waals surface area contributed by atoms with E-state index in [4.69, 9.17) is 5.11 Å². The second-order valence-corrected chi connectivity index (χ2v) is 4.41. The summed E-state index contributed by atoms with van der Waals surface area (Å²) in [6.07, 6.45) is 3.29. The molecule has 2 aromatic rings. The summed E-state index contributed by atoms with van der Waals surface area (Å²) in [5.74, 6) is -0.183. The fourth-order valence-electron chi connectivity index (χ4n) is 1.47. The van der Waals surface area contributed by atoms with Crippen LogP contribution >= 0.6 is 22.6 Å². The van der Waals surface area contributed by atoms with E-state index in [2.05, 4.69) is 27.6 Å². The van der Waals surface area contributed by atoms with Gasteiger partial charge in [-0.05, 0) is 28.7 Å². The average molecular weight is 328 g/mol. The zero-order chi connectivity index (χ0) is 11.5. The van der Waals surface area contributed by atoms with Crippen molar-refractivity contribution in [2.24, 2.45) is 0 Å². The fraction of sp³-hybridized carbons (Fsp3) is 0.0909. The van der Waals surface area contributed by atoms with Gasteiger partial charge in [-0.25, -0.2) is 4.98 Å². The van der Waals surface area contributed by atoms with E-state index in [1.165, 1.54) is 0 Å². The number of rotatable bonds is 3. The standard InChI is InChI=1S/C11H9IN2O2/c12-9-4-2-1-3-8(9)11-13-5-6-14(11)7-10(15)16/h1-6H,7H2,(H,15,16). The maximum atomic E-state index is 10.7. The zero-order valence-corrected chi connectivity index (χ0v) is 10.5. The molecule has 0 radical (unpaired) electrons. The Morgan fingerprint density at radius 3 is 2.88 bits per heavy atom. The maximum Gasteiger partial charge on any atom is 0.323 e. The van der Waals surface area contributed by atoms with Gasteiger partial charge in [0.1, 0.15) is 12.4 Å². The molecule has 1 aromatic heterocycles. The lowest BCUT2D eigenvalue weighted by molar-refractivity contribution is -0.137. The van der Waals surface area contributed by atoms with Gasteiger partial charge in [-0.3, -0.25) is 4.79 Å². The summed E-state index contributed by atoms with van der Waals surface area (Å²) >= 11 is 2.21. The molecule has 1 N–H and O–H groups in total. The summed E-state index contributed by atoms with van der Waals surface area (Å²) in [4.78, 5) is 14.9. The number of imidazole rings is 1. The van der Waals surface area contributed by atoms with E-state index in [1.807, 2.05) is 24.3 Å². The summed E-state index contributed by atoms with van der Waals surface area (Å²) < 4.78 is 2.68. The minimum absolute atomic E-state index is 0.0691. The van der Waals surface area contributed by atoms with Gasteiger partial charge in [0.05, 0.1) is 0 Å². The van der Waals surface area contributed by atoms with Crippen LogP contribution in [0.25, 0.3) is 11.4 Å². The molecular formula is C11H9IN2O2. The molecule has 0 fully saturated rings. The Balaban J connectivity index is 2.45. The third-order valence-electron chi connectivity index (χ3n) is 2.14. The van der Waals surface area contributed by atoms with Crippen molar-refractivity contribution in [2.75, 3.05) is 0 Å². The Hall–Kier alpha value is -1.37. The van der Waals surface area contributed by atoms with Crippen LogP contribution in [0.15, 0.2) is 36.7 Å². The van der Waals surface area contributed by atoms with Gasteiger partial charge >= 0.3 is 5.97 Å². The number of carboxylic acids is 1. The van der Waals surface area contributed by atoms with E-state index in [1.54, 1.807) is 17.0 Å². The van der Waals surface area contributed by atoms with Crippen LogP contribution in [0, 0.1) is 3.57 Å². The molecule has 82 valence electrons. The molecule has 0 aliphatic rings. The number of carbonyl (C=O) groups is 1. The fourth-order valence-corrected chi connectivity index (χ4v) is 2.10. The highest BCUT2D eigenvalue weighted by atomic mass is 127. The number of halogens is 1. The first-order valence-electron chi connectivity index (χ1n) is 4.66.